The molecule has 0 atom stereocenters. The SMILES string of the molecule is C[CH]CCCCCCCCC=CCCCCCC. The smallest absolute Gasteiger partial charge is 0.0351 e. The molecule has 0 aliphatic rings. The minimum atomic E-state index is 1.30. The van der Waals surface area contributed by atoms with Crippen LogP contribution in [-0.2, 0) is 0 Å². The molecule has 0 unspecified atom stereocenters. The van der Waals surface area contributed by atoms with Crippen LogP contribution in [0.25, 0.3) is 0 Å². The third kappa shape index (κ3) is 15.7. The van der Waals surface area contributed by atoms with Crippen molar-refractivity contribution in [2.24, 2.45) is 0 Å². The third-order valence-electron chi connectivity index (χ3n) is 3.50. The van der Waals surface area contributed by atoms with Crippen molar-refractivity contribution in [1.29, 1.82) is 0 Å². The van der Waals surface area contributed by atoms with E-state index in [1.54, 1.807) is 0 Å². The second-order valence-corrected chi connectivity index (χ2v) is 5.43. The first-order valence-corrected chi connectivity index (χ1v) is 8.34. The Labute approximate surface area is 116 Å². The predicted octanol–water partition coefficient (Wildman–Crippen LogP) is 6.86. The number of allylic oxidation sites excluding steroid dienone is 2. The third-order valence-corrected chi connectivity index (χ3v) is 3.50. The van der Waals surface area contributed by atoms with E-state index in [1.165, 1.54) is 83.5 Å². The molecule has 0 heterocycles. The first-order valence-electron chi connectivity index (χ1n) is 8.34. The Hall–Kier alpha value is -0.260. The van der Waals surface area contributed by atoms with Gasteiger partial charge in [-0.05, 0) is 32.1 Å². The molecule has 0 rings (SSSR count). The largest absolute Gasteiger partial charge is 0.0885 e. The van der Waals surface area contributed by atoms with E-state index in [4.69, 9.17) is 0 Å². The van der Waals surface area contributed by atoms with Crippen molar-refractivity contribution >= 4 is 0 Å². The summed E-state index contributed by atoms with van der Waals surface area (Å²) in [5.74, 6) is 0. The molecule has 1 radical (unpaired) electrons. The van der Waals surface area contributed by atoms with Gasteiger partial charge in [0.15, 0.2) is 0 Å². The molecule has 0 aromatic carbocycles. The van der Waals surface area contributed by atoms with Crippen molar-refractivity contribution < 1.29 is 0 Å². The summed E-state index contributed by atoms with van der Waals surface area (Å²) < 4.78 is 0. The standard InChI is InChI=1S/C18H35/c1-3-5-7-9-11-13-15-17-18-16-14-12-10-8-6-4-2/h3,14,16H,4-13,15,17-18H2,1-2H3. The molecule has 0 saturated heterocycles. The number of hydrogen-bond donors (Lipinski definition) is 0. The Balaban J connectivity index is 2.99. The lowest BCUT2D eigenvalue weighted by Gasteiger charge is -1.99. The predicted molar refractivity (Wildman–Crippen MR) is 84.8 cm³/mol. The Morgan fingerprint density at radius 3 is 1.50 bits per heavy atom. The number of hydrogen-bond acceptors (Lipinski definition) is 0. The lowest BCUT2D eigenvalue weighted by atomic mass is 10.1. The molecule has 0 saturated carbocycles. The van der Waals surface area contributed by atoms with Crippen molar-refractivity contribution in [2.45, 2.75) is 97.3 Å². The number of rotatable bonds is 14. The van der Waals surface area contributed by atoms with E-state index in [-0.39, 0.29) is 0 Å². The van der Waals surface area contributed by atoms with Gasteiger partial charge in [-0.2, -0.15) is 0 Å². The van der Waals surface area contributed by atoms with Gasteiger partial charge < -0.3 is 0 Å². The average Bonchev–Trinajstić information content (AvgIpc) is 2.39. The van der Waals surface area contributed by atoms with Crippen molar-refractivity contribution in [2.75, 3.05) is 0 Å². The van der Waals surface area contributed by atoms with Crippen LogP contribution < -0.4 is 0 Å². The lowest BCUT2D eigenvalue weighted by molar-refractivity contribution is 0.594. The van der Waals surface area contributed by atoms with Crippen LogP contribution in [0.4, 0.5) is 0 Å². The Bertz CT molecular complexity index is 157. The van der Waals surface area contributed by atoms with Gasteiger partial charge in [-0.1, -0.05) is 83.8 Å². The highest BCUT2D eigenvalue weighted by molar-refractivity contribution is 4.81. The van der Waals surface area contributed by atoms with E-state index < -0.39 is 0 Å². The fourth-order valence-electron chi connectivity index (χ4n) is 2.24. The fourth-order valence-corrected chi connectivity index (χ4v) is 2.24. The second-order valence-electron chi connectivity index (χ2n) is 5.43. The highest BCUT2D eigenvalue weighted by Gasteiger charge is 1.90. The highest BCUT2D eigenvalue weighted by atomic mass is 14.0. The first kappa shape index (κ1) is 17.7. The zero-order valence-corrected chi connectivity index (χ0v) is 12.9. The van der Waals surface area contributed by atoms with Gasteiger partial charge >= 0.3 is 0 Å². The minimum absolute atomic E-state index is 1.30. The van der Waals surface area contributed by atoms with Crippen LogP contribution in [-0.4, -0.2) is 0 Å². The Kier molecular flexibility index (Phi) is 16.5. The molecule has 0 amide bonds. The van der Waals surface area contributed by atoms with Gasteiger partial charge in [0.1, 0.15) is 0 Å². The van der Waals surface area contributed by atoms with Crippen molar-refractivity contribution in [3.8, 4) is 0 Å². The summed E-state index contributed by atoms with van der Waals surface area (Å²) in [6, 6.07) is 0. The van der Waals surface area contributed by atoms with E-state index in [0.717, 1.165) is 0 Å². The summed E-state index contributed by atoms with van der Waals surface area (Å²) in [5.41, 5.74) is 0. The van der Waals surface area contributed by atoms with Crippen molar-refractivity contribution in [3.63, 3.8) is 0 Å². The molecule has 107 valence electrons. The summed E-state index contributed by atoms with van der Waals surface area (Å²) in [4.78, 5) is 0. The van der Waals surface area contributed by atoms with Crippen LogP contribution in [0.15, 0.2) is 12.2 Å². The van der Waals surface area contributed by atoms with Gasteiger partial charge in [-0.15, -0.1) is 0 Å². The van der Waals surface area contributed by atoms with Crippen molar-refractivity contribution in [3.05, 3.63) is 18.6 Å². The van der Waals surface area contributed by atoms with E-state index in [1.807, 2.05) is 0 Å². The Morgan fingerprint density at radius 1 is 0.556 bits per heavy atom. The molecule has 0 N–H and O–H groups in total. The topological polar surface area (TPSA) is 0 Å². The first-order chi connectivity index (χ1) is 8.91. The fraction of sp³-hybridized carbons (Fsp3) is 0.833. The van der Waals surface area contributed by atoms with E-state index >= 15 is 0 Å². The lowest BCUT2D eigenvalue weighted by Crippen LogP contribution is -1.80. The van der Waals surface area contributed by atoms with Crippen molar-refractivity contribution in [1.82, 2.24) is 0 Å². The van der Waals surface area contributed by atoms with Gasteiger partial charge in [-0.3, -0.25) is 0 Å². The summed E-state index contributed by atoms with van der Waals surface area (Å²) in [6.45, 7) is 4.44. The van der Waals surface area contributed by atoms with Gasteiger partial charge in [-0.25, -0.2) is 0 Å². The second kappa shape index (κ2) is 16.7. The quantitative estimate of drug-likeness (QED) is 0.234. The maximum atomic E-state index is 2.40. The van der Waals surface area contributed by atoms with Crippen LogP contribution in [0.1, 0.15) is 97.3 Å². The summed E-state index contributed by atoms with van der Waals surface area (Å²) in [7, 11) is 0. The monoisotopic (exact) mass is 251 g/mol. The van der Waals surface area contributed by atoms with Gasteiger partial charge in [0.05, 0.1) is 0 Å². The molecule has 0 bridgehead atoms. The summed E-state index contributed by atoms with van der Waals surface area (Å²) in [5, 5.41) is 0. The molecular weight excluding hydrogens is 216 g/mol. The molecule has 0 aromatic heterocycles. The van der Waals surface area contributed by atoms with Gasteiger partial charge in [0.25, 0.3) is 0 Å². The maximum absolute atomic E-state index is 2.40. The van der Waals surface area contributed by atoms with Crippen LogP contribution in [0, 0.1) is 6.42 Å². The zero-order valence-electron chi connectivity index (χ0n) is 12.9. The molecule has 0 aliphatic heterocycles. The van der Waals surface area contributed by atoms with E-state index in [2.05, 4.69) is 32.4 Å². The van der Waals surface area contributed by atoms with Gasteiger partial charge in [0, 0.05) is 0 Å². The van der Waals surface area contributed by atoms with Crippen LogP contribution in [0.2, 0.25) is 0 Å². The summed E-state index contributed by atoms with van der Waals surface area (Å²) >= 11 is 0. The molecule has 0 nitrogen and oxygen atoms in total. The van der Waals surface area contributed by atoms with Crippen LogP contribution in [0.5, 0.6) is 0 Å². The molecule has 0 heteroatoms. The molecule has 0 aromatic rings. The normalized spacial score (nSPS) is 11.4. The molecule has 0 spiro atoms. The molecule has 18 heavy (non-hydrogen) atoms. The molecule has 0 fully saturated rings. The van der Waals surface area contributed by atoms with Gasteiger partial charge in [0.2, 0.25) is 0 Å². The van der Waals surface area contributed by atoms with Crippen LogP contribution >= 0.6 is 0 Å². The molecular formula is C18H35. The number of unbranched alkanes of at least 4 members (excludes halogenated alkanes) is 12. The average molecular weight is 251 g/mol. The maximum Gasteiger partial charge on any atom is -0.0351 e. The summed E-state index contributed by atoms with van der Waals surface area (Å²) in [6.07, 6.45) is 25.1. The Morgan fingerprint density at radius 2 is 1.00 bits per heavy atom. The highest BCUT2D eigenvalue weighted by Crippen LogP contribution is 2.10. The minimum Gasteiger partial charge on any atom is -0.0885 e. The molecule has 0 aliphatic carbocycles. The van der Waals surface area contributed by atoms with Crippen LogP contribution in [0.3, 0.4) is 0 Å². The zero-order chi connectivity index (χ0) is 13.3. The van der Waals surface area contributed by atoms with E-state index in [0.29, 0.717) is 0 Å². The van der Waals surface area contributed by atoms with E-state index in [9.17, 15) is 0 Å².